The van der Waals surface area contributed by atoms with Crippen molar-refractivity contribution in [3.63, 3.8) is 0 Å². The van der Waals surface area contributed by atoms with Gasteiger partial charge in [0.15, 0.2) is 0 Å². The topological polar surface area (TPSA) is 28.2 Å². The number of pyridine rings is 1. The van der Waals surface area contributed by atoms with E-state index in [-0.39, 0.29) is 0 Å². The number of nitrogens with one attached hydrogen (secondary N) is 1. The Morgan fingerprint density at radius 2 is 1.90 bits per heavy atom. The molecule has 1 saturated heterocycles. The van der Waals surface area contributed by atoms with Crippen LogP contribution in [0.3, 0.4) is 0 Å². The molecular weight excluding hydrogens is 246 g/mol. The van der Waals surface area contributed by atoms with Gasteiger partial charge in [0, 0.05) is 49.7 Å². The summed E-state index contributed by atoms with van der Waals surface area (Å²) in [7, 11) is 0. The van der Waals surface area contributed by atoms with Crippen molar-refractivity contribution in [2.24, 2.45) is 0 Å². The summed E-state index contributed by atoms with van der Waals surface area (Å²) in [6, 6.07) is 15.5. The lowest BCUT2D eigenvalue weighted by atomic mass is 9.91. The average Bonchev–Trinajstić information content (AvgIpc) is 2.56. The van der Waals surface area contributed by atoms with E-state index in [1.54, 1.807) is 0 Å². The van der Waals surface area contributed by atoms with Gasteiger partial charge >= 0.3 is 0 Å². The fraction of sp³-hybridized carbons (Fsp3) is 0.353. The molecule has 0 spiro atoms. The van der Waals surface area contributed by atoms with Gasteiger partial charge in [-0.15, -0.1) is 0 Å². The molecule has 104 valence electrons. The summed E-state index contributed by atoms with van der Waals surface area (Å²) in [6.45, 7) is 5.44. The lowest BCUT2D eigenvalue weighted by Crippen LogP contribution is -2.53. The van der Waals surface area contributed by atoms with Crippen molar-refractivity contribution in [1.29, 1.82) is 0 Å². The van der Waals surface area contributed by atoms with E-state index in [2.05, 4.69) is 64.6 Å². The van der Waals surface area contributed by atoms with Gasteiger partial charge in [-0.2, -0.15) is 0 Å². The number of hydrogen-bond acceptors (Lipinski definition) is 3. The molecule has 0 radical (unpaired) electrons. The van der Waals surface area contributed by atoms with Crippen molar-refractivity contribution in [2.45, 2.75) is 18.9 Å². The molecule has 2 unspecified atom stereocenters. The number of benzene rings is 1. The maximum atomic E-state index is 4.12. The molecule has 3 rings (SSSR count). The molecule has 1 N–H and O–H groups in total. The van der Waals surface area contributed by atoms with E-state index in [0.717, 1.165) is 19.6 Å². The van der Waals surface area contributed by atoms with E-state index < -0.39 is 0 Å². The molecule has 20 heavy (non-hydrogen) atoms. The highest BCUT2D eigenvalue weighted by molar-refractivity contribution is 5.48. The summed E-state index contributed by atoms with van der Waals surface area (Å²) in [4.78, 5) is 6.65. The second-order valence-corrected chi connectivity index (χ2v) is 5.37. The number of piperazine rings is 1. The minimum Gasteiger partial charge on any atom is -0.365 e. The highest BCUT2D eigenvalue weighted by Crippen LogP contribution is 2.27. The molecule has 3 nitrogen and oxygen atoms in total. The molecule has 0 amide bonds. The van der Waals surface area contributed by atoms with Crippen LogP contribution < -0.4 is 10.2 Å². The molecule has 1 fully saturated rings. The van der Waals surface area contributed by atoms with Gasteiger partial charge in [0.1, 0.15) is 0 Å². The second-order valence-electron chi connectivity index (χ2n) is 5.37. The van der Waals surface area contributed by atoms with E-state index in [1.165, 1.54) is 11.3 Å². The third-order valence-corrected chi connectivity index (χ3v) is 4.18. The Bertz CT molecular complexity index is 526. The molecular formula is C17H21N3. The Morgan fingerprint density at radius 1 is 1.15 bits per heavy atom. The molecule has 0 bridgehead atoms. The first kappa shape index (κ1) is 13.1. The van der Waals surface area contributed by atoms with Crippen LogP contribution in [0.5, 0.6) is 0 Å². The normalized spacial score (nSPS) is 20.6. The average molecular weight is 267 g/mol. The monoisotopic (exact) mass is 267 g/mol. The van der Waals surface area contributed by atoms with Crippen molar-refractivity contribution >= 4 is 5.69 Å². The maximum absolute atomic E-state index is 4.12. The summed E-state index contributed by atoms with van der Waals surface area (Å²) >= 11 is 0. The number of rotatable bonds is 3. The van der Waals surface area contributed by atoms with Gasteiger partial charge in [0.2, 0.25) is 0 Å². The van der Waals surface area contributed by atoms with E-state index in [9.17, 15) is 0 Å². The summed E-state index contributed by atoms with van der Waals surface area (Å²) in [6.07, 6.45) is 3.77. The van der Waals surface area contributed by atoms with Gasteiger partial charge in [-0.1, -0.05) is 25.1 Å². The van der Waals surface area contributed by atoms with Crippen molar-refractivity contribution < 1.29 is 0 Å². The zero-order chi connectivity index (χ0) is 13.8. The van der Waals surface area contributed by atoms with Crippen LogP contribution in [0.2, 0.25) is 0 Å². The molecule has 1 aliphatic heterocycles. The Kier molecular flexibility index (Phi) is 3.97. The Balaban J connectivity index is 1.86. The van der Waals surface area contributed by atoms with Crippen LogP contribution in [0, 0.1) is 0 Å². The van der Waals surface area contributed by atoms with Crippen LogP contribution in [0.15, 0.2) is 54.9 Å². The highest BCUT2D eigenvalue weighted by atomic mass is 15.2. The van der Waals surface area contributed by atoms with E-state index in [4.69, 9.17) is 0 Å². The standard InChI is InChI=1S/C17H21N3/c1-14(15-7-9-18-10-8-15)17-13-19-11-12-20(17)16-5-3-2-4-6-16/h2-10,14,17,19H,11-13H2,1H3. The first-order chi connectivity index (χ1) is 9.86. The fourth-order valence-electron chi connectivity index (χ4n) is 3.00. The Morgan fingerprint density at radius 3 is 2.65 bits per heavy atom. The number of anilines is 1. The van der Waals surface area contributed by atoms with Gasteiger partial charge in [-0.25, -0.2) is 0 Å². The number of para-hydroxylation sites is 1. The van der Waals surface area contributed by atoms with E-state index in [1.807, 2.05) is 12.4 Å². The van der Waals surface area contributed by atoms with Crippen molar-refractivity contribution in [1.82, 2.24) is 10.3 Å². The number of aromatic nitrogens is 1. The van der Waals surface area contributed by atoms with Crippen molar-refractivity contribution in [3.05, 3.63) is 60.4 Å². The van der Waals surface area contributed by atoms with Gasteiger partial charge in [-0.3, -0.25) is 4.98 Å². The van der Waals surface area contributed by atoms with Crippen LogP contribution in [0.4, 0.5) is 5.69 Å². The summed E-state index contributed by atoms with van der Waals surface area (Å²) in [5, 5.41) is 3.53. The largest absolute Gasteiger partial charge is 0.365 e. The maximum Gasteiger partial charge on any atom is 0.0480 e. The first-order valence-electron chi connectivity index (χ1n) is 7.28. The third-order valence-electron chi connectivity index (χ3n) is 4.18. The van der Waals surface area contributed by atoms with Crippen LogP contribution in [0.1, 0.15) is 18.4 Å². The molecule has 2 aromatic rings. The zero-order valence-corrected chi connectivity index (χ0v) is 11.9. The Labute approximate surface area is 120 Å². The fourth-order valence-corrected chi connectivity index (χ4v) is 3.00. The lowest BCUT2D eigenvalue weighted by Gasteiger charge is -2.41. The van der Waals surface area contributed by atoms with Crippen LogP contribution in [-0.2, 0) is 0 Å². The van der Waals surface area contributed by atoms with Crippen LogP contribution in [0.25, 0.3) is 0 Å². The van der Waals surface area contributed by atoms with Crippen LogP contribution in [-0.4, -0.2) is 30.7 Å². The molecule has 2 atom stereocenters. The molecule has 0 saturated carbocycles. The van der Waals surface area contributed by atoms with Crippen molar-refractivity contribution in [3.8, 4) is 0 Å². The van der Waals surface area contributed by atoms with E-state index >= 15 is 0 Å². The molecule has 1 aromatic carbocycles. The quantitative estimate of drug-likeness (QED) is 0.926. The molecule has 3 heteroatoms. The minimum absolute atomic E-state index is 0.478. The second kappa shape index (κ2) is 6.06. The van der Waals surface area contributed by atoms with Gasteiger partial charge in [0.25, 0.3) is 0 Å². The van der Waals surface area contributed by atoms with Crippen LogP contribution >= 0.6 is 0 Å². The summed E-state index contributed by atoms with van der Waals surface area (Å²) in [5.74, 6) is 0.478. The van der Waals surface area contributed by atoms with Gasteiger partial charge in [-0.05, 0) is 29.8 Å². The van der Waals surface area contributed by atoms with Gasteiger partial charge in [0.05, 0.1) is 0 Å². The SMILES string of the molecule is CC(c1ccncc1)C1CNCCN1c1ccccc1. The third kappa shape index (κ3) is 2.68. The molecule has 1 aromatic heterocycles. The lowest BCUT2D eigenvalue weighted by molar-refractivity contribution is 0.430. The zero-order valence-electron chi connectivity index (χ0n) is 11.9. The minimum atomic E-state index is 0.478. The first-order valence-corrected chi connectivity index (χ1v) is 7.28. The molecule has 1 aliphatic rings. The summed E-state index contributed by atoms with van der Waals surface area (Å²) < 4.78 is 0. The number of nitrogens with zero attached hydrogens (tertiary/aromatic N) is 2. The predicted molar refractivity (Wildman–Crippen MR) is 83.1 cm³/mol. The van der Waals surface area contributed by atoms with E-state index in [0.29, 0.717) is 12.0 Å². The molecule has 0 aliphatic carbocycles. The Hall–Kier alpha value is -1.87. The predicted octanol–water partition coefficient (Wildman–Crippen LogP) is 2.66. The van der Waals surface area contributed by atoms with Gasteiger partial charge < -0.3 is 10.2 Å². The highest BCUT2D eigenvalue weighted by Gasteiger charge is 2.28. The number of hydrogen-bond donors (Lipinski definition) is 1. The molecule has 2 heterocycles. The summed E-state index contributed by atoms with van der Waals surface area (Å²) in [5.41, 5.74) is 2.68. The van der Waals surface area contributed by atoms with Crippen molar-refractivity contribution in [2.75, 3.05) is 24.5 Å². The smallest absolute Gasteiger partial charge is 0.0480 e.